The first kappa shape index (κ1) is 18.1. The average Bonchev–Trinajstić information content (AvgIpc) is 3.08. The van der Waals surface area contributed by atoms with Crippen LogP contribution < -0.4 is 0 Å². The van der Waals surface area contributed by atoms with Gasteiger partial charge in [-0.1, -0.05) is 12.1 Å². The number of nitro groups is 1. The lowest BCUT2D eigenvalue weighted by Gasteiger charge is -2.29. The largest absolute Gasteiger partial charge is 0.449 e. The number of amides is 1. The van der Waals surface area contributed by atoms with Crippen molar-refractivity contribution in [1.82, 2.24) is 4.90 Å². The molecule has 0 fully saturated rings. The Morgan fingerprint density at radius 1 is 1.35 bits per heavy atom. The third-order valence-electron chi connectivity index (χ3n) is 4.40. The van der Waals surface area contributed by atoms with Crippen LogP contribution in [-0.2, 0) is 22.5 Å². The summed E-state index contributed by atoms with van der Waals surface area (Å²) in [4.78, 5) is 38.5. The molecule has 1 aliphatic rings. The Balaban J connectivity index is 1.72. The van der Waals surface area contributed by atoms with E-state index in [2.05, 4.69) is 0 Å². The lowest BCUT2D eigenvalue weighted by atomic mass is 10.1. The van der Waals surface area contributed by atoms with Gasteiger partial charge in [0.15, 0.2) is 6.10 Å². The molecule has 3 rings (SSSR count). The molecule has 2 aromatic rings. The normalized spacial score (nSPS) is 14.5. The molecule has 1 unspecified atom stereocenters. The highest BCUT2D eigenvalue weighted by Gasteiger charge is 2.30. The van der Waals surface area contributed by atoms with E-state index in [-0.39, 0.29) is 17.2 Å². The monoisotopic (exact) mass is 374 g/mol. The van der Waals surface area contributed by atoms with E-state index < -0.39 is 17.0 Å². The van der Waals surface area contributed by atoms with Crippen molar-refractivity contribution >= 4 is 28.9 Å². The van der Waals surface area contributed by atoms with Crippen molar-refractivity contribution in [1.29, 1.82) is 0 Å². The fraction of sp³-hybridized carbons (Fsp3) is 0.333. The molecule has 8 heteroatoms. The first-order valence-corrected chi connectivity index (χ1v) is 9.05. The molecule has 0 spiro atoms. The zero-order valence-electron chi connectivity index (χ0n) is 14.4. The smallest absolute Gasteiger partial charge is 0.346 e. The van der Waals surface area contributed by atoms with Crippen LogP contribution in [0.25, 0.3) is 0 Å². The number of carbonyl (C=O) groups is 2. The van der Waals surface area contributed by atoms with Gasteiger partial charge in [0, 0.05) is 24.0 Å². The maximum absolute atomic E-state index is 12.6. The maximum atomic E-state index is 12.6. The summed E-state index contributed by atoms with van der Waals surface area (Å²) in [7, 11) is 0. The standard InChI is InChI=1S/C18H18N2O5S/c1-11-4-3-5-14(20(23)24)16(11)18(22)25-12(2)17(21)19-8-6-15-13(10-19)7-9-26-15/h3-5,7,9,12H,6,8,10H2,1-2H3. The van der Waals surface area contributed by atoms with Gasteiger partial charge in [0.05, 0.1) is 4.92 Å². The molecule has 1 amide bonds. The molecule has 7 nitrogen and oxygen atoms in total. The van der Waals surface area contributed by atoms with E-state index in [1.807, 2.05) is 11.4 Å². The first-order valence-electron chi connectivity index (χ1n) is 8.17. The minimum Gasteiger partial charge on any atom is -0.449 e. The quantitative estimate of drug-likeness (QED) is 0.466. The van der Waals surface area contributed by atoms with Gasteiger partial charge in [-0.2, -0.15) is 0 Å². The zero-order valence-corrected chi connectivity index (χ0v) is 15.2. The number of esters is 1. The topological polar surface area (TPSA) is 89.7 Å². The van der Waals surface area contributed by atoms with Crippen molar-refractivity contribution in [3.63, 3.8) is 0 Å². The van der Waals surface area contributed by atoms with Gasteiger partial charge in [0.25, 0.3) is 11.6 Å². The van der Waals surface area contributed by atoms with Crippen molar-refractivity contribution in [3.8, 4) is 0 Å². The number of rotatable bonds is 4. The van der Waals surface area contributed by atoms with Crippen LogP contribution in [0.2, 0.25) is 0 Å². The van der Waals surface area contributed by atoms with Gasteiger partial charge in [-0.05, 0) is 42.8 Å². The van der Waals surface area contributed by atoms with E-state index in [1.54, 1.807) is 29.2 Å². The van der Waals surface area contributed by atoms with Crippen molar-refractivity contribution in [2.45, 2.75) is 32.9 Å². The van der Waals surface area contributed by atoms with Crippen LogP contribution in [0.15, 0.2) is 29.6 Å². The third-order valence-corrected chi connectivity index (χ3v) is 5.43. The Bertz CT molecular complexity index is 876. The molecule has 136 valence electrons. The third kappa shape index (κ3) is 3.45. The van der Waals surface area contributed by atoms with Crippen molar-refractivity contribution in [2.24, 2.45) is 0 Å². The number of nitro benzene ring substituents is 1. The van der Waals surface area contributed by atoms with Gasteiger partial charge >= 0.3 is 5.97 Å². The van der Waals surface area contributed by atoms with Crippen LogP contribution in [0.5, 0.6) is 0 Å². The van der Waals surface area contributed by atoms with Crippen LogP contribution in [0.3, 0.4) is 0 Å². The zero-order chi connectivity index (χ0) is 18.8. The number of nitrogens with zero attached hydrogens (tertiary/aromatic N) is 2. The van der Waals surface area contributed by atoms with E-state index in [9.17, 15) is 19.7 Å². The average molecular weight is 374 g/mol. The second-order valence-electron chi connectivity index (χ2n) is 6.15. The van der Waals surface area contributed by atoms with Gasteiger partial charge in [-0.15, -0.1) is 11.3 Å². The lowest BCUT2D eigenvalue weighted by molar-refractivity contribution is -0.385. The minimum atomic E-state index is -1.01. The summed E-state index contributed by atoms with van der Waals surface area (Å²) in [6.07, 6.45) is -0.232. The summed E-state index contributed by atoms with van der Waals surface area (Å²) in [5.74, 6) is -1.16. The van der Waals surface area contributed by atoms with E-state index in [0.717, 1.165) is 12.0 Å². The van der Waals surface area contributed by atoms with E-state index >= 15 is 0 Å². The molecule has 1 aromatic heterocycles. The van der Waals surface area contributed by atoms with Gasteiger partial charge in [-0.3, -0.25) is 14.9 Å². The molecule has 0 bridgehead atoms. The van der Waals surface area contributed by atoms with E-state index in [1.165, 1.54) is 23.9 Å². The van der Waals surface area contributed by atoms with Crippen molar-refractivity contribution in [3.05, 3.63) is 61.3 Å². The number of fused-ring (bicyclic) bond motifs is 1. The molecule has 0 aliphatic carbocycles. The lowest BCUT2D eigenvalue weighted by Crippen LogP contribution is -2.42. The molecule has 0 saturated carbocycles. The minimum absolute atomic E-state index is 0.115. The van der Waals surface area contributed by atoms with Gasteiger partial charge in [0.2, 0.25) is 0 Å². The maximum Gasteiger partial charge on any atom is 0.346 e. The molecule has 0 saturated heterocycles. The number of hydrogen-bond acceptors (Lipinski definition) is 6. The summed E-state index contributed by atoms with van der Waals surface area (Å²) in [5.41, 5.74) is 1.11. The number of ether oxygens (including phenoxy) is 1. The Morgan fingerprint density at radius 3 is 2.85 bits per heavy atom. The number of thiophene rings is 1. The van der Waals surface area contributed by atoms with Crippen LogP contribution in [0.4, 0.5) is 5.69 Å². The molecular weight excluding hydrogens is 356 g/mol. The molecule has 1 aromatic carbocycles. The van der Waals surface area contributed by atoms with Gasteiger partial charge in [0.1, 0.15) is 5.56 Å². The van der Waals surface area contributed by atoms with Crippen molar-refractivity contribution in [2.75, 3.05) is 6.54 Å². The van der Waals surface area contributed by atoms with Crippen LogP contribution in [-0.4, -0.2) is 34.3 Å². The summed E-state index contributed by atoms with van der Waals surface area (Å²) >= 11 is 1.67. The predicted molar refractivity (Wildman–Crippen MR) is 96.2 cm³/mol. The SMILES string of the molecule is Cc1cccc([N+](=O)[O-])c1C(=O)OC(C)C(=O)N1CCc2sccc2C1. The molecule has 1 atom stereocenters. The second kappa shape index (κ2) is 7.25. The highest BCUT2D eigenvalue weighted by atomic mass is 32.1. The number of hydrogen-bond donors (Lipinski definition) is 0. The summed E-state index contributed by atoms with van der Waals surface area (Å²) in [6.45, 7) is 4.15. The van der Waals surface area contributed by atoms with Crippen molar-refractivity contribution < 1.29 is 19.2 Å². The number of benzene rings is 1. The van der Waals surface area contributed by atoms with Gasteiger partial charge in [-0.25, -0.2) is 4.79 Å². The second-order valence-corrected chi connectivity index (χ2v) is 7.15. The number of aryl methyl sites for hydroxylation is 1. The molecule has 26 heavy (non-hydrogen) atoms. The fourth-order valence-corrected chi connectivity index (χ4v) is 3.92. The molecular formula is C18H18N2O5S. The fourth-order valence-electron chi connectivity index (χ4n) is 3.03. The summed E-state index contributed by atoms with van der Waals surface area (Å²) in [6, 6.07) is 6.34. The Labute approximate surface area is 154 Å². The highest BCUT2D eigenvalue weighted by Crippen LogP contribution is 2.26. The highest BCUT2D eigenvalue weighted by molar-refractivity contribution is 7.10. The van der Waals surface area contributed by atoms with Crippen LogP contribution >= 0.6 is 11.3 Å². The van der Waals surface area contributed by atoms with E-state index in [4.69, 9.17) is 4.74 Å². The summed E-state index contributed by atoms with van der Waals surface area (Å²) < 4.78 is 5.26. The molecule has 0 N–H and O–H groups in total. The van der Waals surface area contributed by atoms with Crippen LogP contribution in [0, 0.1) is 17.0 Å². The first-order chi connectivity index (χ1) is 12.4. The van der Waals surface area contributed by atoms with E-state index in [0.29, 0.717) is 18.7 Å². The van der Waals surface area contributed by atoms with Gasteiger partial charge < -0.3 is 9.64 Å². The predicted octanol–water partition coefficient (Wildman–Crippen LogP) is 3.09. The Kier molecular flexibility index (Phi) is 5.03. The van der Waals surface area contributed by atoms with Crippen LogP contribution in [0.1, 0.15) is 33.3 Å². The molecule has 2 heterocycles. The number of carbonyl (C=O) groups excluding carboxylic acids is 2. The molecule has 0 radical (unpaired) electrons. The Hall–Kier alpha value is -2.74. The molecule has 1 aliphatic heterocycles. The summed E-state index contributed by atoms with van der Waals surface area (Å²) in [5, 5.41) is 13.2. The Morgan fingerprint density at radius 2 is 2.12 bits per heavy atom.